The SMILES string of the molecule is Cc1oc(C)c(C(O)C(C)C)c1C. The fourth-order valence-electron chi connectivity index (χ4n) is 1.58. The van der Waals surface area contributed by atoms with Gasteiger partial charge in [-0.25, -0.2) is 0 Å². The quantitative estimate of drug-likeness (QED) is 0.763. The van der Waals surface area contributed by atoms with E-state index in [0.717, 1.165) is 22.6 Å². The summed E-state index contributed by atoms with van der Waals surface area (Å²) in [6, 6.07) is 0. The van der Waals surface area contributed by atoms with Gasteiger partial charge in [-0.3, -0.25) is 0 Å². The Kier molecular flexibility index (Phi) is 2.81. The van der Waals surface area contributed by atoms with E-state index >= 15 is 0 Å². The highest BCUT2D eigenvalue weighted by molar-refractivity contribution is 5.33. The molecule has 1 aromatic rings. The maximum Gasteiger partial charge on any atom is 0.107 e. The Bertz CT molecular complexity index is 297. The van der Waals surface area contributed by atoms with Gasteiger partial charge in [-0.2, -0.15) is 0 Å². The molecule has 1 rings (SSSR count). The van der Waals surface area contributed by atoms with Crippen LogP contribution in [-0.2, 0) is 0 Å². The molecule has 0 fully saturated rings. The molecule has 1 aromatic heterocycles. The van der Waals surface area contributed by atoms with Crippen molar-refractivity contribution in [1.82, 2.24) is 0 Å². The second-order valence-electron chi connectivity index (χ2n) is 3.94. The van der Waals surface area contributed by atoms with Gasteiger partial charge in [-0.05, 0) is 32.3 Å². The molecule has 0 spiro atoms. The Hall–Kier alpha value is -0.760. The summed E-state index contributed by atoms with van der Waals surface area (Å²) in [5.41, 5.74) is 2.05. The van der Waals surface area contributed by atoms with Gasteiger partial charge in [-0.15, -0.1) is 0 Å². The Morgan fingerprint density at radius 2 is 1.62 bits per heavy atom. The first-order chi connectivity index (χ1) is 5.95. The van der Waals surface area contributed by atoms with Gasteiger partial charge >= 0.3 is 0 Å². The molecule has 2 nitrogen and oxygen atoms in total. The molecule has 2 heteroatoms. The van der Waals surface area contributed by atoms with Gasteiger partial charge in [0.25, 0.3) is 0 Å². The van der Waals surface area contributed by atoms with Crippen molar-refractivity contribution < 1.29 is 9.52 Å². The molecule has 0 aliphatic rings. The van der Waals surface area contributed by atoms with Crippen LogP contribution in [0.1, 0.15) is 42.6 Å². The lowest BCUT2D eigenvalue weighted by Crippen LogP contribution is -2.07. The molecule has 1 heterocycles. The van der Waals surface area contributed by atoms with Gasteiger partial charge in [0.2, 0.25) is 0 Å². The van der Waals surface area contributed by atoms with E-state index in [0.29, 0.717) is 0 Å². The van der Waals surface area contributed by atoms with Gasteiger partial charge in [0, 0.05) is 5.56 Å². The lowest BCUT2D eigenvalue weighted by molar-refractivity contribution is 0.124. The van der Waals surface area contributed by atoms with Crippen LogP contribution in [0.4, 0.5) is 0 Å². The Morgan fingerprint density at radius 3 is 1.92 bits per heavy atom. The first kappa shape index (κ1) is 10.3. The molecule has 0 amide bonds. The average Bonchev–Trinajstić information content (AvgIpc) is 2.26. The molecule has 0 radical (unpaired) electrons. The van der Waals surface area contributed by atoms with Crippen molar-refractivity contribution in [3.8, 4) is 0 Å². The first-order valence-corrected chi connectivity index (χ1v) is 4.69. The van der Waals surface area contributed by atoms with Crippen LogP contribution in [0.3, 0.4) is 0 Å². The number of hydrogen-bond donors (Lipinski definition) is 1. The van der Waals surface area contributed by atoms with E-state index in [-0.39, 0.29) is 5.92 Å². The highest BCUT2D eigenvalue weighted by Gasteiger charge is 2.21. The molecular weight excluding hydrogens is 164 g/mol. The number of aliphatic hydroxyl groups excluding tert-OH is 1. The van der Waals surface area contributed by atoms with Crippen LogP contribution in [0, 0.1) is 26.7 Å². The zero-order valence-corrected chi connectivity index (χ0v) is 9.01. The number of aliphatic hydroxyl groups is 1. The fraction of sp³-hybridized carbons (Fsp3) is 0.636. The summed E-state index contributed by atoms with van der Waals surface area (Å²) in [5.74, 6) is 1.98. The second-order valence-corrected chi connectivity index (χ2v) is 3.94. The summed E-state index contributed by atoms with van der Waals surface area (Å²) in [5, 5.41) is 9.91. The van der Waals surface area contributed by atoms with E-state index in [1.807, 2.05) is 34.6 Å². The van der Waals surface area contributed by atoms with Crippen LogP contribution in [0.25, 0.3) is 0 Å². The lowest BCUT2D eigenvalue weighted by Gasteiger charge is -2.14. The van der Waals surface area contributed by atoms with Crippen molar-refractivity contribution in [3.63, 3.8) is 0 Å². The van der Waals surface area contributed by atoms with Gasteiger partial charge < -0.3 is 9.52 Å². The second kappa shape index (κ2) is 3.54. The van der Waals surface area contributed by atoms with Gasteiger partial charge in [0.15, 0.2) is 0 Å². The monoisotopic (exact) mass is 182 g/mol. The van der Waals surface area contributed by atoms with Crippen LogP contribution in [0.2, 0.25) is 0 Å². The molecule has 0 saturated heterocycles. The minimum atomic E-state index is -0.405. The summed E-state index contributed by atoms with van der Waals surface area (Å²) in [6.07, 6.45) is -0.405. The number of rotatable bonds is 2. The lowest BCUT2D eigenvalue weighted by atomic mass is 9.96. The molecule has 13 heavy (non-hydrogen) atoms. The smallest absolute Gasteiger partial charge is 0.107 e. The topological polar surface area (TPSA) is 33.4 Å². The fourth-order valence-corrected chi connectivity index (χ4v) is 1.58. The Morgan fingerprint density at radius 1 is 1.08 bits per heavy atom. The maximum atomic E-state index is 9.91. The van der Waals surface area contributed by atoms with E-state index in [1.165, 1.54) is 0 Å². The highest BCUT2D eigenvalue weighted by Crippen LogP contribution is 2.30. The molecule has 0 saturated carbocycles. The largest absolute Gasteiger partial charge is 0.466 e. The third-order valence-electron chi connectivity index (χ3n) is 2.54. The van der Waals surface area contributed by atoms with Crippen molar-refractivity contribution in [2.24, 2.45) is 5.92 Å². The minimum Gasteiger partial charge on any atom is -0.466 e. The average molecular weight is 182 g/mol. The summed E-state index contributed by atoms with van der Waals surface area (Å²) in [4.78, 5) is 0. The van der Waals surface area contributed by atoms with Crippen molar-refractivity contribution in [1.29, 1.82) is 0 Å². The van der Waals surface area contributed by atoms with Crippen molar-refractivity contribution >= 4 is 0 Å². The molecular formula is C11H18O2. The number of aryl methyl sites for hydroxylation is 2. The molecule has 1 N–H and O–H groups in total. The van der Waals surface area contributed by atoms with Crippen LogP contribution < -0.4 is 0 Å². The number of hydrogen-bond acceptors (Lipinski definition) is 2. The molecule has 0 aromatic carbocycles. The molecule has 1 atom stereocenters. The molecule has 74 valence electrons. The zero-order valence-electron chi connectivity index (χ0n) is 9.01. The standard InChI is InChI=1S/C11H18O2/c1-6(2)11(12)10-7(3)8(4)13-9(10)5/h6,11-12H,1-5H3. The molecule has 0 aliphatic carbocycles. The summed E-state index contributed by atoms with van der Waals surface area (Å²) >= 11 is 0. The van der Waals surface area contributed by atoms with Crippen LogP contribution in [0.15, 0.2) is 4.42 Å². The predicted molar refractivity (Wildman–Crippen MR) is 52.7 cm³/mol. The van der Waals surface area contributed by atoms with Gasteiger partial charge in [0.05, 0.1) is 6.10 Å². The van der Waals surface area contributed by atoms with Gasteiger partial charge in [-0.1, -0.05) is 13.8 Å². The Balaban J connectivity index is 3.13. The van der Waals surface area contributed by atoms with Crippen molar-refractivity contribution in [2.75, 3.05) is 0 Å². The van der Waals surface area contributed by atoms with Crippen molar-refractivity contribution in [2.45, 2.75) is 40.7 Å². The normalized spacial score (nSPS) is 13.8. The van der Waals surface area contributed by atoms with E-state index < -0.39 is 6.10 Å². The summed E-state index contributed by atoms with van der Waals surface area (Å²) in [7, 11) is 0. The third-order valence-corrected chi connectivity index (χ3v) is 2.54. The summed E-state index contributed by atoms with van der Waals surface area (Å²) < 4.78 is 5.46. The van der Waals surface area contributed by atoms with Crippen LogP contribution >= 0.6 is 0 Å². The molecule has 0 aliphatic heterocycles. The van der Waals surface area contributed by atoms with E-state index in [9.17, 15) is 5.11 Å². The van der Waals surface area contributed by atoms with Gasteiger partial charge in [0.1, 0.15) is 11.5 Å². The van der Waals surface area contributed by atoms with Crippen LogP contribution in [0.5, 0.6) is 0 Å². The first-order valence-electron chi connectivity index (χ1n) is 4.69. The third kappa shape index (κ3) is 1.78. The summed E-state index contributed by atoms with van der Waals surface area (Å²) in [6.45, 7) is 9.84. The Labute approximate surface area is 79.6 Å². The maximum absolute atomic E-state index is 9.91. The predicted octanol–water partition coefficient (Wildman–Crippen LogP) is 2.89. The molecule has 0 bridgehead atoms. The van der Waals surface area contributed by atoms with E-state index in [2.05, 4.69) is 0 Å². The zero-order chi connectivity index (χ0) is 10.2. The van der Waals surface area contributed by atoms with E-state index in [1.54, 1.807) is 0 Å². The number of furan rings is 1. The van der Waals surface area contributed by atoms with Crippen LogP contribution in [-0.4, -0.2) is 5.11 Å². The minimum absolute atomic E-state index is 0.231. The van der Waals surface area contributed by atoms with Crippen molar-refractivity contribution in [3.05, 3.63) is 22.6 Å². The highest BCUT2D eigenvalue weighted by atomic mass is 16.3. The van der Waals surface area contributed by atoms with E-state index in [4.69, 9.17) is 4.42 Å². The molecule has 1 unspecified atom stereocenters.